The maximum absolute atomic E-state index is 9.07. The smallest absolute Gasteiger partial charge is 0.0459 e. The van der Waals surface area contributed by atoms with Crippen molar-refractivity contribution >= 4 is 10.4 Å². The summed E-state index contributed by atoms with van der Waals surface area (Å²) < 4.78 is 34.1. The highest BCUT2D eigenvalue weighted by molar-refractivity contribution is 7.79. The van der Waals surface area contributed by atoms with Crippen molar-refractivity contribution in [3.63, 3.8) is 0 Å². The minimum Gasteiger partial charge on any atom is -0.759 e. The van der Waals surface area contributed by atoms with E-state index in [0.29, 0.717) is 18.4 Å². The number of rotatable bonds is 13. The summed E-state index contributed by atoms with van der Waals surface area (Å²) in [6.07, 6.45) is 15.4. The Morgan fingerprint density at radius 2 is 1.13 bits per heavy atom. The molecule has 0 aliphatic rings. The van der Waals surface area contributed by atoms with Crippen LogP contribution in [0, 0.1) is 11.8 Å². The average Bonchev–Trinajstić information content (AvgIpc) is 2.46. The molecule has 0 saturated carbocycles. The van der Waals surface area contributed by atoms with Gasteiger partial charge in [-0.25, -0.2) is 0 Å². The second kappa shape index (κ2) is 16.7. The monoisotopic (exact) mass is 352 g/mol. The zero-order valence-corrected chi connectivity index (χ0v) is 15.9. The van der Waals surface area contributed by atoms with Crippen LogP contribution in [0.1, 0.15) is 91.4 Å². The quantitative estimate of drug-likeness (QED) is 0.304. The van der Waals surface area contributed by atoms with Crippen LogP contribution in [0.4, 0.5) is 0 Å². The molecule has 0 rings (SSSR count). The molecular weight excluding hydrogens is 316 g/mol. The Morgan fingerprint density at radius 3 is 1.48 bits per heavy atom. The Bertz CT molecular complexity index is 322. The topological polar surface area (TPSA) is 100 Å². The SMILES string of the molecule is CCCCCCCCCCCCC(C)C(C)CO.O=S(=O)([O-])[O-]. The first-order chi connectivity index (χ1) is 10.7. The normalized spacial score (nSPS) is 14.0. The van der Waals surface area contributed by atoms with Gasteiger partial charge in [0.25, 0.3) is 0 Å². The molecule has 0 bridgehead atoms. The van der Waals surface area contributed by atoms with Gasteiger partial charge in [0.1, 0.15) is 0 Å². The highest BCUT2D eigenvalue weighted by atomic mass is 32.3. The van der Waals surface area contributed by atoms with Crippen LogP contribution in [0.2, 0.25) is 0 Å². The van der Waals surface area contributed by atoms with E-state index in [4.69, 9.17) is 22.6 Å². The van der Waals surface area contributed by atoms with E-state index in [-0.39, 0.29) is 0 Å². The molecular formula is C17H36O5S-2. The summed E-state index contributed by atoms with van der Waals surface area (Å²) in [4.78, 5) is 0. The van der Waals surface area contributed by atoms with Crippen molar-refractivity contribution in [3.05, 3.63) is 0 Å². The average molecular weight is 353 g/mol. The minimum absolute atomic E-state index is 0.346. The van der Waals surface area contributed by atoms with Crippen LogP contribution in [-0.2, 0) is 10.4 Å². The van der Waals surface area contributed by atoms with Crippen LogP contribution in [-0.4, -0.2) is 29.2 Å². The molecule has 0 fully saturated rings. The molecule has 0 aliphatic carbocycles. The van der Waals surface area contributed by atoms with Crippen LogP contribution >= 0.6 is 0 Å². The van der Waals surface area contributed by atoms with Crippen LogP contribution in [0.5, 0.6) is 0 Å². The second-order valence-electron chi connectivity index (χ2n) is 6.52. The van der Waals surface area contributed by atoms with Crippen molar-refractivity contribution in [3.8, 4) is 0 Å². The molecule has 2 unspecified atom stereocenters. The molecule has 0 spiro atoms. The van der Waals surface area contributed by atoms with E-state index in [9.17, 15) is 0 Å². The molecule has 0 amide bonds. The number of unbranched alkanes of at least 4 members (excludes halogenated alkanes) is 9. The number of aliphatic hydroxyl groups excluding tert-OH is 1. The summed E-state index contributed by atoms with van der Waals surface area (Å²) in [6, 6.07) is 0. The van der Waals surface area contributed by atoms with E-state index >= 15 is 0 Å². The first-order valence-electron chi connectivity index (χ1n) is 8.99. The summed E-state index contributed by atoms with van der Waals surface area (Å²) in [5.41, 5.74) is 0. The van der Waals surface area contributed by atoms with E-state index < -0.39 is 10.4 Å². The first-order valence-corrected chi connectivity index (χ1v) is 10.3. The largest absolute Gasteiger partial charge is 0.759 e. The molecule has 6 heteroatoms. The van der Waals surface area contributed by atoms with Gasteiger partial charge in [-0.3, -0.25) is 8.42 Å². The molecule has 0 aromatic carbocycles. The lowest BCUT2D eigenvalue weighted by atomic mass is 9.91. The summed E-state index contributed by atoms with van der Waals surface area (Å²) >= 11 is 0. The maximum Gasteiger partial charge on any atom is 0.0459 e. The molecule has 5 nitrogen and oxygen atoms in total. The third-order valence-electron chi connectivity index (χ3n) is 4.27. The summed E-state index contributed by atoms with van der Waals surface area (Å²) in [5, 5.41) is 9.07. The number of hydrogen-bond acceptors (Lipinski definition) is 5. The van der Waals surface area contributed by atoms with E-state index in [2.05, 4.69) is 20.8 Å². The van der Waals surface area contributed by atoms with Crippen LogP contribution in [0.15, 0.2) is 0 Å². The van der Waals surface area contributed by atoms with E-state index in [1.165, 1.54) is 70.6 Å². The molecule has 142 valence electrons. The summed E-state index contributed by atoms with van der Waals surface area (Å²) in [7, 11) is -5.17. The minimum atomic E-state index is -5.17. The number of aliphatic hydroxyl groups is 1. The van der Waals surface area contributed by atoms with Crippen LogP contribution in [0.3, 0.4) is 0 Å². The van der Waals surface area contributed by atoms with Gasteiger partial charge in [-0.15, -0.1) is 0 Å². The van der Waals surface area contributed by atoms with Gasteiger partial charge in [0, 0.05) is 17.0 Å². The molecule has 2 atom stereocenters. The Kier molecular flexibility index (Phi) is 18.2. The predicted octanol–water partition coefficient (Wildman–Crippen LogP) is 4.22. The molecule has 0 saturated heterocycles. The van der Waals surface area contributed by atoms with Gasteiger partial charge in [-0.2, -0.15) is 0 Å². The van der Waals surface area contributed by atoms with E-state index in [0.717, 1.165) is 0 Å². The Morgan fingerprint density at radius 1 is 0.783 bits per heavy atom. The fraction of sp³-hybridized carbons (Fsp3) is 1.00. The van der Waals surface area contributed by atoms with Gasteiger partial charge >= 0.3 is 0 Å². The first kappa shape index (κ1) is 25.1. The van der Waals surface area contributed by atoms with Gasteiger partial charge in [-0.05, 0) is 11.8 Å². The van der Waals surface area contributed by atoms with Gasteiger partial charge in [0.15, 0.2) is 0 Å². The Labute approximate surface area is 143 Å². The molecule has 0 heterocycles. The van der Waals surface area contributed by atoms with Gasteiger partial charge in [0.2, 0.25) is 0 Å². The fourth-order valence-electron chi connectivity index (χ4n) is 2.42. The van der Waals surface area contributed by atoms with Gasteiger partial charge in [-0.1, -0.05) is 91.4 Å². The van der Waals surface area contributed by atoms with Crippen molar-refractivity contribution in [1.82, 2.24) is 0 Å². The van der Waals surface area contributed by atoms with Crippen molar-refractivity contribution < 1.29 is 22.6 Å². The predicted molar refractivity (Wildman–Crippen MR) is 92.3 cm³/mol. The highest BCUT2D eigenvalue weighted by Gasteiger charge is 2.09. The third kappa shape index (κ3) is 27.0. The molecule has 0 aliphatic heterocycles. The Hall–Kier alpha value is -0.170. The molecule has 0 radical (unpaired) electrons. The zero-order valence-electron chi connectivity index (χ0n) is 15.1. The van der Waals surface area contributed by atoms with E-state index in [1.807, 2.05) is 0 Å². The summed E-state index contributed by atoms with van der Waals surface area (Å²) in [6.45, 7) is 7.05. The third-order valence-corrected chi connectivity index (χ3v) is 4.27. The summed E-state index contributed by atoms with van der Waals surface area (Å²) in [5.74, 6) is 1.16. The molecule has 1 N–H and O–H groups in total. The molecule has 0 aromatic rings. The standard InChI is InChI=1S/C17H36O.H2O4S/c1-4-5-6-7-8-9-10-11-12-13-14-16(2)17(3)15-18;1-5(2,3)4/h16-18H,4-15H2,1-3H3;(H2,1,2,3,4)/p-2. The highest BCUT2D eigenvalue weighted by Crippen LogP contribution is 2.19. The van der Waals surface area contributed by atoms with Crippen molar-refractivity contribution in [2.24, 2.45) is 11.8 Å². The van der Waals surface area contributed by atoms with Crippen molar-refractivity contribution in [2.45, 2.75) is 91.4 Å². The molecule has 23 heavy (non-hydrogen) atoms. The lowest BCUT2D eigenvalue weighted by Gasteiger charge is -2.17. The van der Waals surface area contributed by atoms with Gasteiger partial charge < -0.3 is 14.2 Å². The lowest BCUT2D eigenvalue weighted by Crippen LogP contribution is -2.11. The Balaban J connectivity index is 0. The maximum atomic E-state index is 9.07. The molecule has 0 aromatic heterocycles. The fourth-order valence-corrected chi connectivity index (χ4v) is 2.42. The van der Waals surface area contributed by atoms with Crippen molar-refractivity contribution in [1.29, 1.82) is 0 Å². The zero-order chi connectivity index (χ0) is 18.1. The second-order valence-corrected chi connectivity index (χ2v) is 7.33. The van der Waals surface area contributed by atoms with E-state index in [1.54, 1.807) is 0 Å². The van der Waals surface area contributed by atoms with Crippen molar-refractivity contribution in [2.75, 3.05) is 6.61 Å². The van der Waals surface area contributed by atoms with Crippen LogP contribution < -0.4 is 0 Å². The number of hydrogen-bond donors (Lipinski definition) is 1. The van der Waals surface area contributed by atoms with Gasteiger partial charge in [0.05, 0.1) is 0 Å². The lowest BCUT2D eigenvalue weighted by molar-refractivity contribution is 0.188. The van der Waals surface area contributed by atoms with Crippen LogP contribution in [0.25, 0.3) is 0 Å².